The van der Waals surface area contributed by atoms with Crippen molar-refractivity contribution in [3.05, 3.63) is 60.2 Å². The maximum Gasteiger partial charge on any atom is 0.338 e. The third-order valence-electron chi connectivity index (χ3n) is 3.08. The van der Waals surface area contributed by atoms with Crippen LogP contribution in [-0.4, -0.2) is 32.7 Å². The van der Waals surface area contributed by atoms with Crippen LogP contribution in [0.5, 0.6) is 0 Å². The minimum Gasteiger partial charge on any atom is -0.462 e. The van der Waals surface area contributed by atoms with E-state index in [2.05, 4.69) is 5.32 Å². The van der Waals surface area contributed by atoms with Gasteiger partial charge in [-0.05, 0) is 37.3 Å². The standard InChI is InChI=1S/C17H17NO5S/c1-2-23-17(20)13-7-6-8-14(11-13)18-16(19)12-24(21,22)15-9-4-3-5-10-15/h3-11H,2,12H2,1H3,(H,18,19). The van der Waals surface area contributed by atoms with Gasteiger partial charge in [0.2, 0.25) is 5.91 Å². The molecule has 126 valence electrons. The highest BCUT2D eigenvalue weighted by atomic mass is 32.2. The molecule has 0 aliphatic carbocycles. The number of ether oxygens (including phenoxy) is 1. The Bertz CT molecular complexity index is 831. The van der Waals surface area contributed by atoms with Crippen LogP contribution in [0.2, 0.25) is 0 Å². The molecule has 0 aromatic heterocycles. The first-order valence-corrected chi connectivity index (χ1v) is 8.92. The highest BCUT2D eigenvalue weighted by Crippen LogP contribution is 2.14. The first-order chi connectivity index (χ1) is 11.4. The van der Waals surface area contributed by atoms with Crippen molar-refractivity contribution in [2.75, 3.05) is 17.7 Å². The molecule has 0 radical (unpaired) electrons. The van der Waals surface area contributed by atoms with E-state index < -0.39 is 27.5 Å². The van der Waals surface area contributed by atoms with Gasteiger partial charge in [0.1, 0.15) is 5.75 Å². The van der Waals surface area contributed by atoms with Gasteiger partial charge in [-0.2, -0.15) is 0 Å². The van der Waals surface area contributed by atoms with E-state index in [-0.39, 0.29) is 17.1 Å². The zero-order chi connectivity index (χ0) is 17.6. The number of carbonyl (C=O) groups excluding carboxylic acids is 2. The topological polar surface area (TPSA) is 89.5 Å². The number of anilines is 1. The average Bonchev–Trinajstić information content (AvgIpc) is 2.55. The first kappa shape index (κ1) is 17.7. The van der Waals surface area contributed by atoms with Crippen molar-refractivity contribution in [2.45, 2.75) is 11.8 Å². The van der Waals surface area contributed by atoms with Crippen molar-refractivity contribution in [3.8, 4) is 0 Å². The van der Waals surface area contributed by atoms with Crippen LogP contribution in [0.25, 0.3) is 0 Å². The van der Waals surface area contributed by atoms with Gasteiger partial charge >= 0.3 is 5.97 Å². The molecule has 6 nitrogen and oxygen atoms in total. The summed E-state index contributed by atoms with van der Waals surface area (Å²) in [6.45, 7) is 1.93. The number of hydrogen-bond donors (Lipinski definition) is 1. The van der Waals surface area contributed by atoms with Gasteiger partial charge in [-0.25, -0.2) is 13.2 Å². The summed E-state index contributed by atoms with van der Waals surface area (Å²) in [6.07, 6.45) is 0. The molecule has 0 saturated carbocycles. The van der Waals surface area contributed by atoms with Crippen molar-refractivity contribution in [1.29, 1.82) is 0 Å². The van der Waals surface area contributed by atoms with Crippen molar-refractivity contribution in [3.63, 3.8) is 0 Å². The predicted molar refractivity (Wildman–Crippen MR) is 89.5 cm³/mol. The van der Waals surface area contributed by atoms with Crippen LogP contribution in [0.3, 0.4) is 0 Å². The van der Waals surface area contributed by atoms with Crippen LogP contribution in [0.4, 0.5) is 5.69 Å². The minimum atomic E-state index is -3.72. The zero-order valence-corrected chi connectivity index (χ0v) is 13.9. The SMILES string of the molecule is CCOC(=O)c1cccc(NC(=O)CS(=O)(=O)c2ccccc2)c1. The molecule has 0 bridgehead atoms. The Hall–Kier alpha value is -2.67. The van der Waals surface area contributed by atoms with Crippen molar-refractivity contribution < 1.29 is 22.7 Å². The van der Waals surface area contributed by atoms with Gasteiger partial charge < -0.3 is 10.1 Å². The van der Waals surface area contributed by atoms with Crippen LogP contribution >= 0.6 is 0 Å². The molecule has 24 heavy (non-hydrogen) atoms. The van der Waals surface area contributed by atoms with Crippen LogP contribution in [0.15, 0.2) is 59.5 Å². The highest BCUT2D eigenvalue weighted by Gasteiger charge is 2.19. The van der Waals surface area contributed by atoms with E-state index >= 15 is 0 Å². The zero-order valence-electron chi connectivity index (χ0n) is 13.1. The number of sulfone groups is 1. The Balaban J connectivity index is 2.08. The molecule has 0 aliphatic heterocycles. The lowest BCUT2D eigenvalue weighted by Gasteiger charge is -2.08. The van der Waals surface area contributed by atoms with Crippen LogP contribution in [-0.2, 0) is 19.4 Å². The molecule has 0 heterocycles. The van der Waals surface area contributed by atoms with Gasteiger partial charge in [0.25, 0.3) is 0 Å². The average molecular weight is 347 g/mol. The van der Waals surface area contributed by atoms with Gasteiger partial charge in [-0.3, -0.25) is 4.79 Å². The molecule has 2 aromatic carbocycles. The second kappa shape index (κ2) is 7.74. The van der Waals surface area contributed by atoms with Crippen molar-refractivity contribution >= 4 is 27.4 Å². The summed E-state index contributed by atoms with van der Waals surface area (Å²) in [5.74, 6) is -1.87. The smallest absolute Gasteiger partial charge is 0.338 e. The molecule has 0 atom stereocenters. The van der Waals surface area contributed by atoms with E-state index in [1.807, 2.05) is 0 Å². The molecule has 0 unspecified atom stereocenters. The van der Waals surface area contributed by atoms with Gasteiger partial charge in [0.15, 0.2) is 9.84 Å². The third kappa shape index (κ3) is 4.66. The Morgan fingerprint density at radius 1 is 1.04 bits per heavy atom. The van der Waals surface area contributed by atoms with Gasteiger partial charge in [0, 0.05) is 5.69 Å². The second-order valence-electron chi connectivity index (χ2n) is 4.92. The van der Waals surface area contributed by atoms with E-state index in [9.17, 15) is 18.0 Å². The maximum atomic E-state index is 12.2. The monoisotopic (exact) mass is 347 g/mol. The largest absolute Gasteiger partial charge is 0.462 e. The number of benzene rings is 2. The number of esters is 1. The highest BCUT2D eigenvalue weighted by molar-refractivity contribution is 7.92. The first-order valence-electron chi connectivity index (χ1n) is 7.27. The molecule has 0 fully saturated rings. The molecular weight excluding hydrogens is 330 g/mol. The molecule has 2 aromatic rings. The summed E-state index contributed by atoms with van der Waals surface area (Å²) in [5, 5.41) is 2.48. The fourth-order valence-corrected chi connectivity index (χ4v) is 3.17. The molecule has 7 heteroatoms. The minimum absolute atomic E-state index is 0.0837. The van der Waals surface area contributed by atoms with Gasteiger partial charge in [-0.15, -0.1) is 0 Å². The number of nitrogens with one attached hydrogen (secondary N) is 1. The summed E-state index contributed by atoms with van der Waals surface area (Å²) in [6, 6.07) is 13.9. The summed E-state index contributed by atoms with van der Waals surface area (Å²) in [5.41, 5.74) is 0.606. The summed E-state index contributed by atoms with van der Waals surface area (Å²) >= 11 is 0. The van der Waals surface area contributed by atoms with Crippen molar-refractivity contribution in [1.82, 2.24) is 0 Å². The maximum absolute atomic E-state index is 12.2. The molecular formula is C17H17NO5S. The van der Waals surface area contributed by atoms with E-state index in [1.54, 1.807) is 43.3 Å². The lowest BCUT2D eigenvalue weighted by molar-refractivity contribution is -0.113. The van der Waals surface area contributed by atoms with E-state index in [0.29, 0.717) is 5.69 Å². The Morgan fingerprint density at radius 3 is 2.42 bits per heavy atom. The van der Waals surface area contributed by atoms with Gasteiger partial charge in [0.05, 0.1) is 17.1 Å². The Labute approximate surface area is 140 Å². The van der Waals surface area contributed by atoms with Gasteiger partial charge in [-0.1, -0.05) is 24.3 Å². The van der Waals surface area contributed by atoms with E-state index in [4.69, 9.17) is 4.74 Å². The predicted octanol–water partition coefficient (Wildman–Crippen LogP) is 2.28. The molecule has 1 N–H and O–H groups in total. The number of carbonyl (C=O) groups is 2. The lowest BCUT2D eigenvalue weighted by atomic mass is 10.2. The molecule has 1 amide bonds. The number of rotatable bonds is 6. The summed E-state index contributed by atoms with van der Waals surface area (Å²) < 4.78 is 29.2. The molecule has 2 rings (SSSR count). The quantitative estimate of drug-likeness (QED) is 0.810. The molecule has 0 saturated heterocycles. The summed E-state index contributed by atoms with van der Waals surface area (Å²) in [7, 11) is -3.72. The lowest BCUT2D eigenvalue weighted by Crippen LogP contribution is -2.23. The fourth-order valence-electron chi connectivity index (χ4n) is 2.02. The van der Waals surface area contributed by atoms with Crippen LogP contribution < -0.4 is 5.32 Å². The summed E-state index contributed by atoms with van der Waals surface area (Å²) in [4.78, 5) is 23.8. The fraction of sp³-hybridized carbons (Fsp3) is 0.176. The molecule has 0 spiro atoms. The second-order valence-corrected chi connectivity index (χ2v) is 6.91. The van der Waals surface area contributed by atoms with Crippen LogP contribution in [0.1, 0.15) is 17.3 Å². The van der Waals surface area contributed by atoms with Crippen LogP contribution in [0, 0.1) is 0 Å². The Kier molecular flexibility index (Phi) is 5.70. The number of amides is 1. The van der Waals surface area contributed by atoms with Crippen molar-refractivity contribution in [2.24, 2.45) is 0 Å². The van der Waals surface area contributed by atoms with E-state index in [1.165, 1.54) is 18.2 Å². The number of hydrogen-bond acceptors (Lipinski definition) is 5. The normalized spacial score (nSPS) is 10.9. The Morgan fingerprint density at radius 2 is 1.75 bits per heavy atom. The van der Waals surface area contributed by atoms with E-state index in [0.717, 1.165) is 0 Å². The third-order valence-corrected chi connectivity index (χ3v) is 4.71. The molecule has 0 aliphatic rings.